The molecule has 3 heterocycles. The van der Waals surface area contributed by atoms with E-state index in [1.165, 1.54) is 28.8 Å². The van der Waals surface area contributed by atoms with Crippen molar-refractivity contribution in [3.63, 3.8) is 0 Å². The molecule has 0 fully saturated rings. The SMILES string of the molecule is CC(C)c1cc(-c2cccc(-c3cc(F)cc(F)c3)c2N2[CH-]N(c3[c-]c(Oc4[c-]c5c(cc4)c4ccccc4n5-c4cc(C(C)(C)C)ccn4)cc(N(c4ccccc4)c4ccccc4)c3)c3ccccc32)cc(C(C)C)c1.[Pt]. The van der Waals surface area contributed by atoms with Gasteiger partial charge in [-0.2, -0.15) is 6.07 Å². The fourth-order valence-corrected chi connectivity index (χ4v) is 10.7. The van der Waals surface area contributed by atoms with E-state index in [2.05, 4.69) is 196 Å². The van der Waals surface area contributed by atoms with E-state index in [0.717, 1.165) is 78.9 Å². The van der Waals surface area contributed by atoms with Gasteiger partial charge in [0, 0.05) is 89.9 Å². The second-order valence-corrected chi connectivity index (χ2v) is 21.7. The molecule has 0 aliphatic carbocycles. The number of pyridine rings is 1. The van der Waals surface area contributed by atoms with Crippen LogP contribution in [-0.2, 0) is 26.5 Å². The standard InChI is InChI=1S/C70H58F2N5O.Pt/c1-45(2)47-33-48(46(3)4)35-49(34-47)60-24-18-25-61(50-36-52(71)39-53(72)37-50)69(60)75-44-74(65-27-16-17-28-66(65)75)56-40-57(76(54-19-10-8-11-20-54)55-21-12-9-13-22-55)42-59(41-56)78-58-29-30-63-62-23-14-15-26-64(62)77(67(63)43-58)68-38-51(31-32-73-68)70(5,6)7;/h8-40,42,44-46H,1-7H3;/q-3;. The summed E-state index contributed by atoms with van der Waals surface area (Å²) in [4.78, 5) is 11.4. The Balaban J connectivity index is 0.00000660. The van der Waals surface area contributed by atoms with Crippen molar-refractivity contribution in [1.82, 2.24) is 9.55 Å². The maximum atomic E-state index is 15.4. The topological polar surface area (TPSA) is 36.8 Å². The minimum absolute atomic E-state index is 0. The van der Waals surface area contributed by atoms with Crippen molar-refractivity contribution in [2.75, 3.05) is 14.7 Å². The number of para-hydroxylation sites is 6. The molecule has 6 nitrogen and oxygen atoms in total. The Morgan fingerprint density at radius 3 is 1.77 bits per heavy atom. The number of hydrogen-bond acceptors (Lipinski definition) is 5. The number of nitrogens with zero attached hydrogens (tertiary/aromatic N) is 5. The zero-order valence-corrected chi connectivity index (χ0v) is 47.4. The summed E-state index contributed by atoms with van der Waals surface area (Å²) in [6.45, 7) is 17.5. The molecule has 0 amide bonds. The van der Waals surface area contributed by atoms with Crippen molar-refractivity contribution in [1.29, 1.82) is 0 Å². The molecule has 0 saturated carbocycles. The first kappa shape index (κ1) is 52.7. The Kier molecular flexibility index (Phi) is 14.3. The number of halogens is 2. The summed E-state index contributed by atoms with van der Waals surface area (Å²) < 4.78 is 40.0. The summed E-state index contributed by atoms with van der Waals surface area (Å²) in [6, 6.07) is 73.6. The Morgan fingerprint density at radius 1 is 0.544 bits per heavy atom. The zero-order valence-electron chi connectivity index (χ0n) is 45.1. The predicted molar refractivity (Wildman–Crippen MR) is 317 cm³/mol. The van der Waals surface area contributed by atoms with Gasteiger partial charge in [-0.1, -0.05) is 168 Å². The van der Waals surface area contributed by atoms with E-state index in [4.69, 9.17) is 9.72 Å². The number of aromatic nitrogens is 2. The molecule has 2 aromatic heterocycles. The van der Waals surface area contributed by atoms with Crippen LogP contribution in [0.2, 0.25) is 0 Å². The third-order valence-electron chi connectivity index (χ3n) is 14.7. The van der Waals surface area contributed by atoms with E-state index in [9.17, 15) is 0 Å². The average molecular weight is 1220 g/mol. The van der Waals surface area contributed by atoms with Crippen molar-refractivity contribution in [3.8, 4) is 39.6 Å². The smallest absolute Gasteiger partial charge is 0.135 e. The Hall–Kier alpha value is -8.32. The van der Waals surface area contributed by atoms with E-state index in [1.54, 1.807) is 0 Å². The predicted octanol–water partition coefficient (Wildman–Crippen LogP) is 19.6. The molecule has 0 saturated heterocycles. The fourth-order valence-electron chi connectivity index (χ4n) is 10.7. The van der Waals surface area contributed by atoms with Crippen molar-refractivity contribution in [2.24, 2.45) is 0 Å². The largest absolute Gasteiger partial charge is 0.509 e. The molecule has 11 aromatic rings. The first-order valence-electron chi connectivity index (χ1n) is 26.6. The molecule has 9 aromatic carbocycles. The maximum absolute atomic E-state index is 15.4. The van der Waals surface area contributed by atoms with Crippen LogP contribution in [0.1, 0.15) is 77.0 Å². The van der Waals surface area contributed by atoms with Crippen LogP contribution in [0.4, 0.5) is 48.6 Å². The summed E-state index contributed by atoms with van der Waals surface area (Å²) in [7, 11) is 0. The molecule has 0 atom stereocenters. The molecule has 0 spiro atoms. The van der Waals surface area contributed by atoms with Crippen molar-refractivity contribution < 1.29 is 34.6 Å². The van der Waals surface area contributed by atoms with Gasteiger partial charge in [-0.15, -0.1) is 42.4 Å². The molecular weight excluding hydrogens is 1160 g/mol. The molecular formula is C70H58F2N5OPt-3. The Morgan fingerprint density at radius 2 is 1.14 bits per heavy atom. The van der Waals surface area contributed by atoms with Crippen LogP contribution in [0.15, 0.2) is 206 Å². The van der Waals surface area contributed by atoms with Gasteiger partial charge in [0.05, 0.1) is 0 Å². The fraction of sp³-hybridized carbons (Fsp3) is 0.143. The molecule has 9 heteroatoms. The van der Waals surface area contributed by atoms with Crippen LogP contribution in [0, 0.1) is 30.4 Å². The number of ether oxygens (including phenoxy) is 1. The van der Waals surface area contributed by atoms with Gasteiger partial charge in [0.15, 0.2) is 0 Å². The van der Waals surface area contributed by atoms with E-state index >= 15 is 8.78 Å². The van der Waals surface area contributed by atoms with Gasteiger partial charge in [0.1, 0.15) is 17.5 Å². The van der Waals surface area contributed by atoms with Gasteiger partial charge in [-0.25, -0.2) is 13.8 Å². The molecule has 396 valence electrons. The van der Waals surface area contributed by atoms with Gasteiger partial charge in [-0.3, -0.25) is 0 Å². The Labute approximate surface area is 476 Å². The molecule has 1 aliphatic rings. The van der Waals surface area contributed by atoms with Crippen LogP contribution in [-0.4, -0.2) is 9.55 Å². The van der Waals surface area contributed by atoms with Crippen LogP contribution < -0.4 is 19.4 Å². The summed E-state index contributed by atoms with van der Waals surface area (Å²) in [6.07, 6.45) is 1.88. The molecule has 0 radical (unpaired) electrons. The van der Waals surface area contributed by atoms with Crippen molar-refractivity contribution in [3.05, 3.63) is 254 Å². The monoisotopic (exact) mass is 1220 g/mol. The first-order chi connectivity index (χ1) is 37.7. The summed E-state index contributed by atoms with van der Waals surface area (Å²) >= 11 is 0. The average Bonchev–Trinajstić information content (AvgIpc) is 4.22. The Bertz CT molecular complexity index is 3950. The minimum Gasteiger partial charge on any atom is -0.509 e. The van der Waals surface area contributed by atoms with Gasteiger partial charge >= 0.3 is 0 Å². The number of fused-ring (bicyclic) bond motifs is 4. The van der Waals surface area contributed by atoms with E-state index in [-0.39, 0.29) is 38.3 Å². The van der Waals surface area contributed by atoms with E-state index < -0.39 is 11.6 Å². The van der Waals surface area contributed by atoms with Crippen LogP contribution in [0.25, 0.3) is 49.9 Å². The van der Waals surface area contributed by atoms with E-state index in [0.29, 0.717) is 28.3 Å². The number of rotatable bonds is 12. The quantitative estimate of drug-likeness (QED) is 0.114. The number of anilines is 7. The van der Waals surface area contributed by atoms with Crippen molar-refractivity contribution in [2.45, 2.75) is 65.7 Å². The van der Waals surface area contributed by atoms with Gasteiger partial charge in [0.25, 0.3) is 0 Å². The number of hydrogen-bond donors (Lipinski definition) is 0. The van der Waals surface area contributed by atoms with Crippen LogP contribution >= 0.6 is 0 Å². The molecule has 0 N–H and O–H groups in total. The van der Waals surface area contributed by atoms with Gasteiger partial charge < -0.3 is 24.0 Å². The van der Waals surface area contributed by atoms with Crippen LogP contribution in [0.3, 0.4) is 0 Å². The second-order valence-electron chi connectivity index (χ2n) is 21.7. The summed E-state index contributed by atoms with van der Waals surface area (Å²) in [5.41, 5.74) is 14.3. The number of benzene rings is 9. The maximum Gasteiger partial charge on any atom is 0.135 e. The second kappa shape index (κ2) is 21.5. The zero-order chi connectivity index (χ0) is 53.8. The first-order valence-corrected chi connectivity index (χ1v) is 26.6. The minimum atomic E-state index is -0.651. The van der Waals surface area contributed by atoms with Gasteiger partial charge in [0.2, 0.25) is 0 Å². The molecule has 0 bridgehead atoms. The third kappa shape index (κ3) is 10.2. The summed E-state index contributed by atoms with van der Waals surface area (Å²) in [5, 5.41) is 2.11. The van der Waals surface area contributed by atoms with Gasteiger partial charge in [-0.05, 0) is 117 Å². The third-order valence-corrected chi connectivity index (χ3v) is 14.7. The molecule has 0 unspecified atom stereocenters. The summed E-state index contributed by atoms with van der Waals surface area (Å²) in [5.74, 6) is 0.980. The molecule has 1 aliphatic heterocycles. The molecule has 79 heavy (non-hydrogen) atoms. The van der Waals surface area contributed by atoms with E-state index in [1.807, 2.05) is 79.0 Å². The van der Waals surface area contributed by atoms with Crippen molar-refractivity contribution >= 4 is 61.6 Å². The van der Waals surface area contributed by atoms with Crippen LogP contribution in [0.5, 0.6) is 11.5 Å². The molecule has 12 rings (SSSR count). The normalized spacial score (nSPS) is 12.4.